The molecule has 7 heteroatoms. The van der Waals surface area contributed by atoms with Crippen LogP contribution in [0.5, 0.6) is 5.75 Å². The molecule has 0 N–H and O–H groups in total. The zero-order chi connectivity index (χ0) is 15.6. The largest absolute Gasteiger partial charge is 0.486 e. The Morgan fingerprint density at radius 3 is 2.83 bits per heavy atom. The van der Waals surface area contributed by atoms with Crippen molar-refractivity contribution in [3.05, 3.63) is 36.7 Å². The summed E-state index contributed by atoms with van der Waals surface area (Å²) in [5, 5.41) is 4.26. The highest BCUT2D eigenvalue weighted by atomic mass is 16.5. The molecule has 2 aliphatic rings. The summed E-state index contributed by atoms with van der Waals surface area (Å²) in [7, 11) is 1.97. The van der Waals surface area contributed by atoms with Crippen molar-refractivity contribution in [3.8, 4) is 5.75 Å². The molecule has 2 aromatic heterocycles. The number of rotatable bonds is 4. The van der Waals surface area contributed by atoms with Crippen LogP contribution in [0.15, 0.2) is 31.1 Å². The fourth-order valence-corrected chi connectivity index (χ4v) is 3.64. The average molecular weight is 314 g/mol. The number of piperazine rings is 1. The number of hydrogen-bond donors (Lipinski definition) is 0. The third kappa shape index (κ3) is 3.35. The van der Waals surface area contributed by atoms with Crippen LogP contribution in [-0.4, -0.2) is 67.9 Å². The molecule has 2 fully saturated rings. The van der Waals surface area contributed by atoms with E-state index in [-0.39, 0.29) is 6.10 Å². The quantitative estimate of drug-likeness (QED) is 0.821. The minimum Gasteiger partial charge on any atom is -0.486 e. The summed E-state index contributed by atoms with van der Waals surface area (Å²) in [6.45, 7) is 5.29. The molecule has 2 aromatic rings. The van der Waals surface area contributed by atoms with Crippen LogP contribution in [0, 0.1) is 0 Å². The van der Waals surface area contributed by atoms with E-state index < -0.39 is 0 Å². The smallest absolute Gasteiger partial charge is 0.156 e. The van der Waals surface area contributed by atoms with E-state index in [4.69, 9.17) is 4.74 Å². The van der Waals surface area contributed by atoms with Gasteiger partial charge in [-0.25, -0.2) is 9.97 Å². The Balaban J connectivity index is 1.33. The number of ether oxygens (including phenoxy) is 1. The normalized spacial score (nSPS) is 25.4. The molecule has 7 nitrogen and oxygen atoms in total. The van der Waals surface area contributed by atoms with E-state index in [1.54, 1.807) is 12.4 Å². The highest BCUT2D eigenvalue weighted by Gasteiger charge is 2.37. The van der Waals surface area contributed by atoms with Crippen molar-refractivity contribution in [2.75, 3.05) is 26.2 Å². The van der Waals surface area contributed by atoms with Gasteiger partial charge in [-0.05, 0) is 0 Å². The second kappa shape index (κ2) is 6.25. The van der Waals surface area contributed by atoms with Gasteiger partial charge < -0.3 is 4.74 Å². The van der Waals surface area contributed by atoms with Gasteiger partial charge in [0.1, 0.15) is 12.4 Å². The lowest BCUT2D eigenvalue weighted by atomic mass is 10.1. The summed E-state index contributed by atoms with van der Waals surface area (Å²) in [6.07, 6.45) is 10.4. The lowest BCUT2D eigenvalue weighted by Crippen LogP contribution is -2.49. The molecule has 0 amide bonds. The number of fused-ring (bicyclic) bond motifs is 1. The third-order valence-corrected chi connectivity index (χ3v) is 4.67. The van der Waals surface area contributed by atoms with Crippen molar-refractivity contribution in [2.24, 2.45) is 7.05 Å². The van der Waals surface area contributed by atoms with Gasteiger partial charge in [0.2, 0.25) is 0 Å². The molecule has 2 aliphatic heterocycles. The van der Waals surface area contributed by atoms with Crippen LogP contribution in [0.25, 0.3) is 0 Å². The van der Waals surface area contributed by atoms with E-state index in [9.17, 15) is 0 Å². The SMILES string of the molecule is Cn1cc(CN2CCN3C[C@H](Oc4cncnc4)C[C@H]3C2)cn1. The molecular weight excluding hydrogens is 292 g/mol. The van der Waals surface area contributed by atoms with Crippen LogP contribution >= 0.6 is 0 Å². The standard InChI is InChI=1S/C16H22N6O/c1-20-8-13(5-19-20)9-21-2-3-22-11-15(4-14(22)10-21)23-16-6-17-12-18-7-16/h5-8,12,14-15H,2-4,9-11H2,1H3/t14-,15+/m0/s1. The highest BCUT2D eigenvalue weighted by molar-refractivity contribution is 5.11. The topological polar surface area (TPSA) is 59.3 Å². The Labute approximate surface area is 135 Å². The maximum atomic E-state index is 6.03. The second-order valence-electron chi connectivity index (χ2n) is 6.46. The van der Waals surface area contributed by atoms with E-state index in [1.165, 1.54) is 11.9 Å². The summed E-state index contributed by atoms with van der Waals surface area (Å²) in [5.41, 5.74) is 1.29. The zero-order valence-electron chi connectivity index (χ0n) is 13.4. The molecule has 0 spiro atoms. The predicted molar refractivity (Wildman–Crippen MR) is 84.9 cm³/mol. The van der Waals surface area contributed by atoms with Crippen molar-refractivity contribution >= 4 is 0 Å². The first-order valence-corrected chi connectivity index (χ1v) is 8.12. The Morgan fingerprint density at radius 2 is 2.04 bits per heavy atom. The summed E-state index contributed by atoms with van der Waals surface area (Å²) >= 11 is 0. The van der Waals surface area contributed by atoms with Crippen molar-refractivity contribution in [2.45, 2.75) is 25.1 Å². The number of hydrogen-bond acceptors (Lipinski definition) is 6. The zero-order valence-corrected chi connectivity index (χ0v) is 13.4. The minimum atomic E-state index is 0.240. The summed E-state index contributed by atoms with van der Waals surface area (Å²) in [6, 6.07) is 0.579. The molecule has 4 heterocycles. The lowest BCUT2D eigenvalue weighted by molar-refractivity contribution is 0.0978. The van der Waals surface area contributed by atoms with Gasteiger partial charge in [0, 0.05) is 64.0 Å². The molecule has 4 rings (SSSR count). The summed E-state index contributed by atoms with van der Waals surface area (Å²) in [4.78, 5) is 13.1. The van der Waals surface area contributed by atoms with E-state index in [0.29, 0.717) is 6.04 Å². The first kappa shape index (κ1) is 14.6. The summed E-state index contributed by atoms with van der Waals surface area (Å²) in [5.74, 6) is 0.768. The maximum absolute atomic E-state index is 6.03. The molecule has 0 aliphatic carbocycles. The lowest BCUT2D eigenvalue weighted by Gasteiger charge is -2.36. The molecule has 0 saturated carbocycles. The Kier molecular flexibility index (Phi) is 3.97. The van der Waals surface area contributed by atoms with Gasteiger partial charge in [-0.15, -0.1) is 0 Å². The fourth-order valence-electron chi connectivity index (χ4n) is 3.64. The number of aromatic nitrogens is 4. The first-order valence-electron chi connectivity index (χ1n) is 8.12. The Bertz CT molecular complexity index is 645. The van der Waals surface area contributed by atoms with Crippen molar-refractivity contribution in [1.82, 2.24) is 29.5 Å². The average Bonchev–Trinajstić information content (AvgIpc) is 3.13. The minimum absolute atomic E-state index is 0.240. The number of nitrogens with zero attached hydrogens (tertiary/aromatic N) is 6. The van der Waals surface area contributed by atoms with Crippen LogP contribution in [0.3, 0.4) is 0 Å². The fraction of sp³-hybridized carbons (Fsp3) is 0.562. The van der Waals surface area contributed by atoms with Gasteiger partial charge in [-0.1, -0.05) is 0 Å². The van der Waals surface area contributed by atoms with Crippen LogP contribution in [0.4, 0.5) is 0 Å². The summed E-state index contributed by atoms with van der Waals surface area (Å²) < 4.78 is 7.89. The van der Waals surface area contributed by atoms with Gasteiger partial charge in [0.15, 0.2) is 5.75 Å². The number of aryl methyl sites for hydroxylation is 1. The van der Waals surface area contributed by atoms with Gasteiger partial charge in [0.05, 0.1) is 18.6 Å². The monoisotopic (exact) mass is 314 g/mol. The van der Waals surface area contributed by atoms with Crippen molar-refractivity contribution in [3.63, 3.8) is 0 Å². The Hall–Kier alpha value is -1.99. The van der Waals surface area contributed by atoms with Gasteiger partial charge in [0.25, 0.3) is 0 Å². The molecule has 0 unspecified atom stereocenters. The molecule has 2 atom stereocenters. The van der Waals surface area contributed by atoms with Crippen LogP contribution in [0.2, 0.25) is 0 Å². The highest BCUT2D eigenvalue weighted by Crippen LogP contribution is 2.26. The van der Waals surface area contributed by atoms with E-state index in [2.05, 4.69) is 31.1 Å². The van der Waals surface area contributed by atoms with E-state index >= 15 is 0 Å². The van der Waals surface area contributed by atoms with Crippen molar-refractivity contribution in [1.29, 1.82) is 0 Å². The molecule has 2 saturated heterocycles. The molecule has 0 bridgehead atoms. The molecular formula is C16H22N6O. The molecule has 122 valence electrons. The van der Waals surface area contributed by atoms with E-state index in [0.717, 1.165) is 44.9 Å². The predicted octanol–water partition coefficient (Wildman–Crippen LogP) is 0.548. The van der Waals surface area contributed by atoms with Crippen LogP contribution < -0.4 is 4.74 Å². The first-order chi connectivity index (χ1) is 11.3. The molecule has 23 heavy (non-hydrogen) atoms. The van der Waals surface area contributed by atoms with Crippen molar-refractivity contribution < 1.29 is 4.74 Å². The maximum Gasteiger partial charge on any atom is 0.156 e. The van der Waals surface area contributed by atoms with Crippen LogP contribution in [-0.2, 0) is 13.6 Å². The third-order valence-electron chi connectivity index (χ3n) is 4.67. The molecule has 0 radical (unpaired) electrons. The van der Waals surface area contributed by atoms with Crippen LogP contribution in [0.1, 0.15) is 12.0 Å². The van der Waals surface area contributed by atoms with Gasteiger partial charge >= 0.3 is 0 Å². The van der Waals surface area contributed by atoms with Gasteiger partial charge in [-0.2, -0.15) is 5.10 Å². The molecule has 0 aromatic carbocycles. The Morgan fingerprint density at radius 1 is 1.17 bits per heavy atom. The second-order valence-corrected chi connectivity index (χ2v) is 6.46. The van der Waals surface area contributed by atoms with E-state index in [1.807, 2.05) is 17.9 Å². The van der Waals surface area contributed by atoms with Gasteiger partial charge in [-0.3, -0.25) is 14.5 Å².